The number of nitrogens with one attached hydrogen (secondary N) is 2. The van der Waals surface area contributed by atoms with Gasteiger partial charge in [-0.2, -0.15) is 0 Å². The number of anilines is 2. The van der Waals surface area contributed by atoms with Gasteiger partial charge in [-0.15, -0.1) is 0 Å². The second-order valence-electron chi connectivity index (χ2n) is 9.86. The quantitative estimate of drug-likeness (QED) is 0.444. The Balaban J connectivity index is 1.79. The molecule has 8 heteroatoms. The summed E-state index contributed by atoms with van der Waals surface area (Å²) < 4.78 is 5.80. The summed E-state index contributed by atoms with van der Waals surface area (Å²) in [5.41, 5.74) is 1.94. The van der Waals surface area contributed by atoms with Crippen molar-refractivity contribution in [1.29, 1.82) is 0 Å². The van der Waals surface area contributed by atoms with Crippen LogP contribution in [0.4, 0.5) is 11.4 Å². The molecule has 2 amide bonds. The molecule has 1 fully saturated rings. The zero-order chi connectivity index (χ0) is 26.8. The Kier molecular flexibility index (Phi) is 10.6. The number of carbonyl (C=O) groups is 3. The first-order valence-corrected chi connectivity index (χ1v) is 13.9. The van der Waals surface area contributed by atoms with Gasteiger partial charge in [-0.3, -0.25) is 14.4 Å². The second-order valence-corrected chi connectivity index (χ2v) is 11.0. The zero-order valence-electron chi connectivity index (χ0n) is 22.3. The van der Waals surface area contributed by atoms with E-state index in [9.17, 15) is 14.4 Å². The molecule has 0 aromatic heterocycles. The number of hydrogen-bond donors (Lipinski definition) is 2. The third-order valence-electron chi connectivity index (χ3n) is 6.88. The molecular weight excluding hydrogens is 486 g/mol. The first-order chi connectivity index (χ1) is 17.7. The molecule has 2 aromatic carbocycles. The highest BCUT2D eigenvalue weighted by Crippen LogP contribution is 2.40. The van der Waals surface area contributed by atoms with Gasteiger partial charge < -0.3 is 20.3 Å². The molecule has 1 aliphatic rings. The van der Waals surface area contributed by atoms with E-state index in [4.69, 9.17) is 4.74 Å². The number of rotatable bonds is 11. The first kappa shape index (κ1) is 28.7. The monoisotopic (exact) mass is 525 g/mol. The molecule has 1 aliphatic carbocycles. The SMILES string of the molecule is CCOC1CCC(CSC(C)=O)(C(=O)N[C@@H](Cc2ccccc2)C(=O)Nc2ccc(N(C)C)cc2)CC1. The number of ether oxygens (including phenoxy) is 1. The molecule has 1 atom stereocenters. The molecule has 0 aliphatic heterocycles. The Hall–Kier alpha value is -2.84. The number of thioether (sulfide) groups is 1. The first-order valence-electron chi connectivity index (χ1n) is 12.9. The van der Waals surface area contributed by atoms with Crippen LogP contribution in [-0.4, -0.2) is 55.5 Å². The Morgan fingerprint density at radius 1 is 1.05 bits per heavy atom. The highest BCUT2D eigenvalue weighted by Gasteiger charge is 2.43. The minimum Gasteiger partial charge on any atom is -0.379 e. The molecule has 0 radical (unpaired) electrons. The maximum absolute atomic E-state index is 13.8. The molecule has 0 unspecified atom stereocenters. The van der Waals surface area contributed by atoms with Crippen molar-refractivity contribution in [1.82, 2.24) is 5.32 Å². The van der Waals surface area contributed by atoms with Crippen LogP contribution >= 0.6 is 11.8 Å². The Labute approximate surface area is 224 Å². The standard InChI is InChI=1S/C29H39N3O4S/c1-5-36-25-15-17-29(18-16-25,20-37-21(2)33)28(35)31-26(19-22-9-7-6-8-10-22)27(34)30-23-11-13-24(14-12-23)32(3)4/h6-14,25-26H,5,15-20H2,1-4H3,(H,30,34)(H,31,35)/t25?,26-,29?/m0/s1. The van der Waals surface area contributed by atoms with Crippen molar-refractivity contribution in [2.45, 2.75) is 58.1 Å². The topological polar surface area (TPSA) is 87.7 Å². The fourth-order valence-corrected chi connectivity index (χ4v) is 5.57. The van der Waals surface area contributed by atoms with Crippen molar-refractivity contribution in [2.24, 2.45) is 5.41 Å². The van der Waals surface area contributed by atoms with E-state index in [2.05, 4.69) is 10.6 Å². The van der Waals surface area contributed by atoms with E-state index >= 15 is 0 Å². The average molecular weight is 526 g/mol. The zero-order valence-corrected chi connectivity index (χ0v) is 23.1. The van der Waals surface area contributed by atoms with E-state index in [-0.39, 0.29) is 23.0 Å². The molecule has 200 valence electrons. The van der Waals surface area contributed by atoms with Crippen LogP contribution in [0, 0.1) is 5.41 Å². The van der Waals surface area contributed by atoms with Crippen LogP contribution in [0.2, 0.25) is 0 Å². The van der Waals surface area contributed by atoms with Gasteiger partial charge in [-0.1, -0.05) is 42.1 Å². The molecule has 0 bridgehead atoms. The van der Waals surface area contributed by atoms with E-state index in [0.29, 0.717) is 37.3 Å². The van der Waals surface area contributed by atoms with Crippen molar-refractivity contribution in [3.8, 4) is 0 Å². The number of nitrogens with zero attached hydrogens (tertiary/aromatic N) is 1. The lowest BCUT2D eigenvalue weighted by Gasteiger charge is -2.39. The summed E-state index contributed by atoms with van der Waals surface area (Å²) in [6.07, 6.45) is 3.25. The summed E-state index contributed by atoms with van der Waals surface area (Å²) in [6, 6.07) is 16.5. The lowest BCUT2D eigenvalue weighted by Crippen LogP contribution is -2.53. The van der Waals surface area contributed by atoms with Gasteiger partial charge >= 0.3 is 0 Å². The lowest BCUT2D eigenvalue weighted by atomic mass is 9.73. The largest absolute Gasteiger partial charge is 0.379 e. The van der Waals surface area contributed by atoms with E-state index < -0.39 is 11.5 Å². The highest BCUT2D eigenvalue weighted by atomic mass is 32.2. The Bertz CT molecular complexity index is 1030. The van der Waals surface area contributed by atoms with Gasteiger partial charge in [0.05, 0.1) is 11.5 Å². The van der Waals surface area contributed by atoms with Gasteiger partial charge in [0.15, 0.2) is 5.12 Å². The molecule has 2 N–H and O–H groups in total. The van der Waals surface area contributed by atoms with Crippen molar-refractivity contribution in [3.05, 3.63) is 60.2 Å². The predicted octanol–water partition coefficient (Wildman–Crippen LogP) is 4.66. The van der Waals surface area contributed by atoms with Crippen LogP contribution < -0.4 is 15.5 Å². The summed E-state index contributed by atoms with van der Waals surface area (Å²) in [5.74, 6) is -0.0407. The molecule has 0 saturated heterocycles. The number of amides is 2. The fourth-order valence-electron chi connectivity index (χ4n) is 4.67. The molecule has 0 heterocycles. The molecule has 7 nitrogen and oxygen atoms in total. The smallest absolute Gasteiger partial charge is 0.247 e. The maximum atomic E-state index is 13.8. The number of carbonyl (C=O) groups excluding carboxylic acids is 3. The molecule has 1 saturated carbocycles. The van der Waals surface area contributed by atoms with Gasteiger partial charge in [-0.25, -0.2) is 0 Å². The summed E-state index contributed by atoms with van der Waals surface area (Å²) in [7, 11) is 3.92. The highest BCUT2D eigenvalue weighted by molar-refractivity contribution is 8.13. The molecular formula is C29H39N3O4S. The molecule has 3 rings (SSSR count). The third kappa shape index (κ3) is 8.33. The van der Waals surface area contributed by atoms with Gasteiger partial charge in [0.1, 0.15) is 6.04 Å². The van der Waals surface area contributed by atoms with Crippen molar-refractivity contribution in [2.75, 3.05) is 36.7 Å². The van der Waals surface area contributed by atoms with Gasteiger partial charge in [0.25, 0.3) is 0 Å². The fraction of sp³-hybridized carbons (Fsp3) is 0.483. The number of benzene rings is 2. The van der Waals surface area contributed by atoms with Crippen LogP contribution in [0.3, 0.4) is 0 Å². The summed E-state index contributed by atoms with van der Waals surface area (Å²) >= 11 is 1.18. The van der Waals surface area contributed by atoms with E-state index in [1.807, 2.05) is 80.5 Å². The van der Waals surface area contributed by atoms with Crippen molar-refractivity contribution in [3.63, 3.8) is 0 Å². The second kappa shape index (κ2) is 13.6. The molecule has 37 heavy (non-hydrogen) atoms. The van der Waals surface area contributed by atoms with Crippen LogP contribution in [0.1, 0.15) is 45.1 Å². The van der Waals surface area contributed by atoms with E-state index in [1.54, 1.807) is 0 Å². The lowest BCUT2D eigenvalue weighted by molar-refractivity contribution is -0.136. The molecule has 2 aromatic rings. The Morgan fingerprint density at radius 2 is 1.70 bits per heavy atom. The predicted molar refractivity (Wildman–Crippen MR) is 151 cm³/mol. The summed E-state index contributed by atoms with van der Waals surface area (Å²) in [5, 5.41) is 6.03. The van der Waals surface area contributed by atoms with Crippen LogP contribution in [-0.2, 0) is 25.5 Å². The van der Waals surface area contributed by atoms with Gasteiger partial charge in [-0.05, 0) is 62.4 Å². The maximum Gasteiger partial charge on any atom is 0.247 e. The molecule has 0 spiro atoms. The Morgan fingerprint density at radius 3 is 2.27 bits per heavy atom. The van der Waals surface area contributed by atoms with Crippen LogP contribution in [0.25, 0.3) is 0 Å². The van der Waals surface area contributed by atoms with Crippen molar-refractivity contribution >= 4 is 40.1 Å². The summed E-state index contributed by atoms with van der Waals surface area (Å²) in [6.45, 7) is 4.14. The summed E-state index contributed by atoms with van der Waals surface area (Å²) in [4.78, 5) is 41.0. The van der Waals surface area contributed by atoms with Crippen LogP contribution in [0.5, 0.6) is 0 Å². The van der Waals surface area contributed by atoms with E-state index in [0.717, 1.165) is 24.1 Å². The normalized spacial score (nSPS) is 20.1. The number of hydrogen-bond acceptors (Lipinski definition) is 6. The minimum atomic E-state index is -0.757. The third-order valence-corrected chi connectivity index (χ3v) is 7.98. The van der Waals surface area contributed by atoms with Crippen LogP contribution in [0.15, 0.2) is 54.6 Å². The average Bonchev–Trinajstić information content (AvgIpc) is 2.89. The van der Waals surface area contributed by atoms with Gasteiger partial charge in [0.2, 0.25) is 11.8 Å². The van der Waals surface area contributed by atoms with Crippen molar-refractivity contribution < 1.29 is 19.1 Å². The minimum absolute atomic E-state index is 0.0149. The van der Waals surface area contributed by atoms with Gasteiger partial charge in [0, 0.05) is 51.2 Å². The van der Waals surface area contributed by atoms with E-state index in [1.165, 1.54) is 18.7 Å².